The summed E-state index contributed by atoms with van der Waals surface area (Å²) in [6.07, 6.45) is 5.42. The highest BCUT2D eigenvalue weighted by molar-refractivity contribution is 7.99. The van der Waals surface area contributed by atoms with E-state index in [9.17, 15) is 9.90 Å². The summed E-state index contributed by atoms with van der Waals surface area (Å²) in [5, 5.41) is 12.5. The molecule has 1 aliphatic carbocycles. The molecule has 1 aliphatic rings. The largest absolute Gasteiger partial charge is 0.480 e. The van der Waals surface area contributed by atoms with Gasteiger partial charge < -0.3 is 5.11 Å². The monoisotopic (exact) mass is 245 g/mol. The standard InChI is InChI=1S/C12H23NO2S/c1-3-4-8-16-9-7-12(2,11(14)15)13-10-5-6-10/h10,13H,3-9H2,1-2H3,(H,14,15). The molecule has 1 saturated carbocycles. The number of carboxylic acid groups (broad SMARTS) is 1. The number of aliphatic carboxylic acids is 1. The molecule has 16 heavy (non-hydrogen) atoms. The van der Waals surface area contributed by atoms with Gasteiger partial charge in [0.1, 0.15) is 5.54 Å². The molecule has 1 fully saturated rings. The molecule has 94 valence electrons. The quantitative estimate of drug-likeness (QED) is 0.613. The number of hydrogen-bond acceptors (Lipinski definition) is 3. The third kappa shape index (κ3) is 4.74. The van der Waals surface area contributed by atoms with Crippen LogP contribution in [-0.4, -0.2) is 34.2 Å². The second-order valence-electron chi connectivity index (χ2n) is 4.77. The molecule has 1 atom stereocenters. The maximum absolute atomic E-state index is 11.2. The molecule has 0 radical (unpaired) electrons. The Bertz CT molecular complexity index is 231. The van der Waals surface area contributed by atoms with Crippen molar-refractivity contribution in [1.29, 1.82) is 0 Å². The summed E-state index contributed by atoms with van der Waals surface area (Å²) in [5.41, 5.74) is -0.722. The fourth-order valence-electron chi connectivity index (χ4n) is 1.54. The van der Waals surface area contributed by atoms with Crippen LogP contribution in [0.4, 0.5) is 0 Å². The van der Waals surface area contributed by atoms with Gasteiger partial charge in [0, 0.05) is 6.04 Å². The van der Waals surface area contributed by atoms with E-state index in [1.165, 1.54) is 12.8 Å². The average Bonchev–Trinajstić information content (AvgIpc) is 3.01. The first kappa shape index (κ1) is 13.8. The number of carboxylic acids is 1. The Hall–Kier alpha value is -0.220. The molecule has 0 heterocycles. The van der Waals surface area contributed by atoms with Gasteiger partial charge in [-0.3, -0.25) is 10.1 Å². The maximum Gasteiger partial charge on any atom is 0.323 e. The minimum Gasteiger partial charge on any atom is -0.480 e. The highest BCUT2D eigenvalue weighted by Crippen LogP contribution is 2.25. The van der Waals surface area contributed by atoms with Crippen molar-refractivity contribution in [3.63, 3.8) is 0 Å². The van der Waals surface area contributed by atoms with Crippen molar-refractivity contribution in [3.8, 4) is 0 Å². The van der Waals surface area contributed by atoms with Crippen molar-refractivity contribution in [3.05, 3.63) is 0 Å². The lowest BCUT2D eigenvalue weighted by molar-refractivity contribution is -0.144. The van der Waals surface area contributed by atoms with E-state index in [-0.39, 0.29) is 0 Å². The molecule has 3 nitrogen and oxygen atoms in total. The van der Waals surface area contributed by atoms with Crippen molar-refractivity contribution >= 4 is 17.7 Å². The fraction of sp³-hybridized carbons (Fsp3) is 0.917. The van der Waals surface area contributed by atoms with Gasteiger partial charge in [-0.15, -0.1) is 0 Å². The highest BCUT2D eigenvalue weighted by atomic mass is 32.2. The predicted molar refractivity (Wildman–Crippen MR) is 69.0 cm³/mol. The molecule has 0 amide bonds. The predicted octanol–water partition coefficient (Wildman–Crippen LogP) is 2.51. The number of nitrogens with one attached hydrogen (secondary N) is 1. The number of carbonyl (C=O) groups is 1. The van der Waals surface area contributed by atoms with Crippen molar-refractivity contribution in [2.45, 2.75) is 57.5 Å². The SMILES string of the molecule is CCCCSCCC(C)(NC1CC1)C(=O)O. The van der Waals surface area contributed by atoms with Gasteiger partial charge in [0.25, 0.3) is 0 Å². The molecule has 0 aromatic carbocycles. The Morgan fingerprint density at radius 2 is 2.19 bits per heavy atom. The molecule has 0 bridgehead atoms. The van der Waals surface area contributed by atoms with Crippen LogP contribution in [0.25, 0.3) is 0 Å². The van der Waals surface area contributed by atoms with Crippen molar-refractivity contribution in [2.24, 2.45) is 0 Å². The Balaban J connectivity index is 2.23. The summed E-state index contributed by atoms with van der Waals surface area (Å²) in [4.78, 5) is 11.2. The van der Waals surface area contributed by atoms with Crippen LogP contribution in [0.3, 0.4) is 0 Å². The van der Waals surface area contributed by atoms with Crippen molar-refractivity contribution < 1.29 is 9.90 Å². The average molecular weight is 245 g/mol. The van der Waals surface area contributed by atoms with E-state index < -0.39 is 11.5 Å². The topological polar surface area (TPSA) is 49.3 Å². The van der Waals surface area contributed by atoms with Gasteiger partial charge in [-0.2, -0.15) is 11.8 Å². The van der Waals surface area contributed by atoms with E-state index in [2.05, 4.69) is 12.2 Å². The van der Waals surface area contributed by atoms with Crippen LogP contribution in [0.1, 0.15) is 46.0 Å². The summed E-state index contributed by atoms with van der Waals surface area (Å²) >= 11 is 1.87. The number of unbranched alkanes of at least 4 members (excludes halogenated alkanes) is 1. The zero-order valence-corrected chi connectivity index (χ0v) is 11.1. The van der Waals surface area contributed by atoms with E-state index in [1.807, 2.05) is 18.7 Å². The molecule has 1 rings (SSSR count). The summed E-state index contributed by atoms with van der Waals surface area (Å²) in [6, 6.07) is 0.446. The summed E-state index contributed by atoms with van der Waals surface area (Å²) in [7, 11) is 0. The Labute approximate surface area is 102 Å². The lowest BCUT2D eigenvalue weighted by Crippen LogP contribution is -2.51. The maximum atomic E-state index is 11.2. The molecular formula is C12H23NO2S. The van der Waals surface area contributed by atoms with Crippen LogP contribution in [0.2, 0.25) is 0 Å². The van der Waals surface area contributed by atoms with Crippen LogP contribution in [0.15, 0.2) is 0 Å². The van der Waals surface area contributed by atoms with Gasteiger partial charge in [0.05, 0.1) is 0 Å². The van der Waals surface area contributed by atoms with Crippen LogP contribution in [0, 0.1) is 0 Å². The molecule has 0 aromatic rings. The molecule has 0 aromatic heterocycles. The molecule has 2 N–H and O–H groups in total. The molecule has 0 aliphatic heterocycles. The second-order valence-corrected chi connectivity index (χ2v) is 6.00. The number of thioether (sulfide) groups is 1. The third-order valence-corrected chi connectivity index (χ3v) is 4.03. The van der Waals surface area contributed by atoms with Gasteiger partial charge in [0.15, 0.2) is 0 Å². The Morgan fingerprint density at radius 1 is 1.50 bits per heavy atom. The zero-order valence-electron chi connectivity index (χ0n) is 10.3. The van der Waals surface area contributed by atoms with Crippen LogP contribution in [0.5, 0.6) is 0 Å². The van der Waals surface area contributed by atoms with Crippen molar-refractivity contribution in [2.75, 3.05) is 11.5 Å². The van der Waals surface area contributed by atoms with Gasteiger partial charge in [0.2, 0.25) is 0 Å². The van der Waals surface area contributed by atoms with Crippen LogP contribution in [-0.2, 0) is 4.79 Å². The lowest BCUT2D eigenvalue weighted by atomic mass is 9.99. The van der Waals surface area contributed by atoms with E-state index in [1.54, 1.807) is 0 Å². The molecule has 0 saturated heterocycles. The smallest absolute Gasteiger partial charge is 0.323 e. The normalized spacial score (nSPS) is 19.4. The van der Waals surface area contributed by atoms with E-state index in [4.69, 9.17) is 0 Å². The van der Waals surface area contributed by atoms with E-state index in [0.29, 0.717) is 12.5 Å². The first-order valence-corrected chi connectivity index (χ1v) is 7.33. The third-order valence-electron chi connectivity index (χ3n) is 2.96. The van der Waals surface area contributed by atoms with Crippen molar-refractivity contribution in [1.82, 2.24) is 5.32 Å². The minimum absolute atomic E-state index is 0.446. The first-order chi connectivity index (χ1) is 7.58. The second kappa shape index (κ2) is 6.50. The number of rotatable bonds is 9. The number of hydrogen-bond donors (Lipinski definition) is 2. The van der Waals surface area contributed by atoms with Gasteiger partial charge in [-0.05, 0) is 44.1 Å². The minimum atomic E-state index is -0.722. The Morgan fingerprint density at radius 3 is 2.69 bits per heavy atom. The lowest BCUT2D eigenvalue weighted by Gasteiger charge is -2.26. The van der Waals surface area contributed by atoms with Crippen LogP contribution < -0.4 is 5.32 Å². The van der Waals surface area contributed by atoms with Gasteiger partial charge >= 0.3 is 5.97 Å². The molecular weight excluding hydrogens is 222 g/mol. The summed E-state index contributed by atoms with van der Waals surface area (Å²) in [5.74, 6) is 1.37. The first-order valence-electron chi connectivity index (χ1n) is 6.17. The molecule has 1 unspecified atom stereocenters. The Kier molecular flexibility index (Phi) is 5.62. The molecule has 0 spiro atoms. The van der Waals surface area contributed by atoms with E-state index >= 15 is 0 Å². The van der Waals surface area contributed by atoms with Crippen LogP contribution >= 0.6 is 11.8 Å². The highest BCUT2D eigenvalue weighted by Gasteiger charge is 2.37. The van der Waals surface area contributed by atoms with E-state index in [0.717, 1.165) is 24.3 Å². The fourth-order valence-corrected chi connectivity index (χ4v) is 2.79. The van der Waals surface area contributed by atoms with Gasteiger partial charge in [-0.1, -0.05) is 13.3 Å². The van der Waals surface area contributed by atoms with Gasteiger partial charge in [-0.25, -0.2) is 0 Å². The summed E-state index contributed by atoms with van der Waals surface area (Å²) < 4.78 is 0. The zero-order chi connectivity index (χ0) is 12.0. The summed E-state index contributed by atoms with van der Waals surface area (Å²) in [6.45, 7) is 3.99. The molecule has 4 heteroatoms.